The zero-order valence-electron chi connectivity index (χ0n) is 20.0. The Bertz CT molecular complexity index is 901. The maximum Gasteiger partial charge on any atom is 0.408 e. The molecule has 0 aromatic heterocycles. The molecule has 33 heavy (non-hydrogen) atoms. The molecule has 0 unspecified atom stereocenters. The summed E-state index contributed by atoms with van der Waals surface area (Å²) >= 11 is 0. The average Bonchev–Trinajstić information content (AvgIpc) is 3.09. The van der Waals surface area contributed by atoms with Gasteiger partial charge in [-0.25, -0.2) is 4.79 Å². The second kappa shape index (κ2) is 10.1. The number of methoxy groups -OCH3 is 2. The quantitative estimate of drug-likeness (QED) is 0.296. The minimum absolute atomic E-state index is 0.0229. The number of carbonyl (C=O) groups excluding carboxylic acids is 2. The Morgan fingerprint density at radius 3 is 2.45 bits per heavy atom. The van der Waals surface area contributed by atoms with Crippen LogP contribution in [0, 0.1) is 5.92 Å². The normalized spacial score (nSPS) is 22.1. The van der Waals surface area contributed by atoms with Crippen LogP contribution < -0.4 is 9.47 Å². The predicted molar refractivity (Wildman–Crippen MR) is 124 cm³/mol. The lowest BCUT2D eigenvalue weighted by atomic mass is 9.85. The van der Waals surface area contributed by atoms with Crippen LogP contribution in [0.1, 0.15) is 12.0 Å². The van der Waals surface area contributed by atoms with Crippen LogP contribution >= 0.6 is 0 Å². The van der Waals surface area contributed by atoms with Gasteiger partial charge in [-0.1, -0.05) is 25.7 Å². The van der Waals surface area contributed by atoms with Crippen molar-refractivity contribution in [2.45, 2.75) is 50.7 Å². The third-order valence-corrected chi connectivity index (χ3v) is 7.97. The van der Waals surface area contributed by atoms with Gasteiger partial charge in [-0.15, -0.1) is 0 Å². The molecule has 2 saturated heterocycles. The number of amides is 2. The Labute approximate surface area is 195 Å². The van der Waals surface area contributed by atoms with Gasteiger partial charge in [0.1, 0.15) is 12.6 Å². The fourth-order valence-corrected chi connectivity index (χ4v) is 5.27. The van der Waals surface area contributed by atoms with E-state index in [2.05, 4.69) is 19.6 Å². The molecular weight excluding hydrogens is 444 g/mol. The summed E-state index contributed by atoms with van der Waals surface area (Å²) in [4.78, 5) is 39.9. The summed E-state index contributed by atoms with van der Waals surface area (Å²) in [6, 6.07) is 5.34. The third kappa shape index (κ3) is 5.67. The number of likely N-dealkylation sites (tertiary alicyclic amines) is 2. The summed E-state index contributed by atoms with van der Waals surface area (Å²) in [5.74, 6) is 0.590. The van der Waals surface area contributed by atoms with Gasteiger partial charge in [0.15, 0.2) is 17.3 Å². The van der Waals surface area contributed by atoms with E-state index in [4.69, 9.17) is 14.2 Å². The fourth-order valence-electron chi connectivity index (χ4n) is 4.51. The molecule has 9 nitrogen and oxygen atoms in total. The first-order chi connectivity index (χ1) is 15.6. The molecule has 2 aliphatic rings. The molecule has 1 aromatic rings. The molecule has 0 aliphatic carbocycles. The summed E-state index contributed by atoms with van der Waals surface area (Å²) in [7, 11) is 1.86. The van der Waals surface area contributed by atoms with E-state index in [1.807, 2.05) is 6.07 Å². The molecule has 2 amide bonds. The second-order valence-electron chi connectivity index (χ2n) is 9.89. The first kappa shape index (κ1) is 25.0. The maximum atomic E-state index is 12.8. The van der Waals surface area contributed by atoms with Crippen LogP contribution in [0.2, 0.25) is 25.7 Å². The number of carboxylic acid groups (broad SMARTS) is 1. The molecule has 2 heterocycles. The van der Waals surface area contributed by atoms with Gasteiger partial charge in [-0.2, -0.15) is 0 Å². The van der Waals surface area contributed by atoms with E-state index < -0.39 is 20.2 Å². The van der Waals surface area contributed by atoms with E-state index in [-0.39, 0.29) is 43.2 Å². The molecule has 3 rings (SSSR count). The molecule has 2 aliphatic heterocycles. The van der Waals surface area contributed by atoms with Gasteiger partial charge in [-0.05, 0) is 23.7 Å². The lowest BCUT2D eigenvalue weighted by Gasteiger charge is -2.46. The standard InChI is InChI=1S/C23H34N2O7Si/c1-30-18-7-6-15(10-19(18)31-2)12-24-20-16(13-25(23(28)29)21(20)22(24)27)11-17(26)14-32-8-9-33(3,4)5/h6-7,10,16,20-21H,8-9,11-14H2,1-5H3,(H,28,29)/t16-,20-,21+/m1/s1. The van der Waals surface area contributed by atoms with Crippen LogP contribution in [-0.4, -0.2) is 86.8 Å². The van der Waals surface area contributed by atoms with Crippen molar-refractivity contribution in [2.24, 2.45) is 5.92 Å². The third-order valence-electron chi connectivity index (χ3n) is 6.27. The topological polar surface area (TPSA) is 106 Å². The van der Waals surface area contributed by atoms with Gasteiger partial charge in [-0.3, -0.25) is 14.5 Å². The van der Waals surface area contributed by atoms with E-state index in [0.29, 0.717) is 24.7 Å². The fraction of sp³-hybridized carbons (Fsp3) is 0.609. The molecule has 182 valence electrons. The molecule has 10 heteroatoms. The number of benzene rings is 1. The van der Waals surface area contributed by atoms with Crippen molar-refractivity contribution >= 4 is 25.9 Å². The predicted octanol–water partition coefficient (Wildman–Crippen LogP) is 2.71. The van der Waals surface area contributed by atoms with Gasteiger partial charge in [0.05, 0.1) is 20.3 Å². The lowest BCUT2D eigenvalue weighted by molar-refractivity contribution is -0.155. The monoisotopic (exact) mass is 478 g/mol. The molecular formula is C23H34N2O7Si. The van der Waals surface area contributed by atoms with Crippen molar-refractivity contribution in [3.8, 4) is 11.5 Å². The molecule has 3 atom stereocenters. The molecule has 0 bridgehead atoms. The van der Waals surface area contributed by atoms with Gasteiger partial charge >= 0.3 is 6.09 Å². The van der Waals surface area contributed by atoms with Crippen molar-refractivity contribution in [2.75, 3.05) is 34.0 Å². The van der Waals surface area contributed by atoms with E-state index in [1.54, 1.807) is 31.3 Å². The number of ether oxygens (including phenoxy) is 3. The van der Waals surface area contributed by atoms with Gasteiger partial charge < -0.3 is 24.2 Å². The Kier molecular flexibility index (Phi) is 7.68. The number of β-lactam (4-membered cyclic amide) rings is 1. The first-order valence-electron chi connectivity index (χ1n) is 11.2. The van der Waals surface area contributed by atoms with Crippen molar-refractivity contribution < 1.29 is 33.7 Å². The number of Topliss-reactive ketones (excluding diaryl/α,β-unsaturated/α-hetero) is 1. The molecule has 1 N–H and O–H groups in total. The molecule has 0 radical (unpaired) electrons. The highest BCUT2D eigenvalue weighted by atomic mass is 28.3. The van der Waals surface area contributed by atoms with Crippen LogP contribution in [0.4, 0.5) is 4.79 Å². The number of hydrogen-bond donors (Lipinski definition) is 1. The number of hydrogen-bond acceptors (Lipinski definition) is 6. The number of fused-ring (bicyclic) bond motifs is 1. The van der Waals surface area contributed by atoms with Crippen LogP contribution in [0.25, 0.3) is 0 Å². The van der Waals surface area contributed by atoms with Crippen molar-refractivity contribution in [3.63, 3.8) is 0 Å². The highest BCUT2D eigenvalue weighted by molar-refractivity contribution is 6.76. The number of rotatable bonds is 11. The molecule has 0 saturated carbocycles. The Hall–Kier alpha value is -2.59. The highest BCUT2D eigenvalue weighted by Crippen LogP contribution is 2.41. The zero-order chi connectivity index (χ0) is 24.3. The van der Waals surface area contributed by atoms with Gasteiger partial charge in [0.2, 0.25) is 5.91 Å². The van der Waals surface area contributed by atoms with Crippen LogP contribution in [-0.2, 0) is 20.9 Å². The van der Waals surface area contributed by atoms with E-state index in [9.17, 15) is 19.5 Å². The first-order valence-corrected chi connectivity index (χ1v) is 14.9. The minimum Gasteiger partial charge on any atom is -0.493 e. The average molecular weight is 479 g/mol. The summed E-state index contributed by atoms with van der Waals surface area (Å²) in [6.45, 7) is 7.80. The summed E-state index contributed by atoms with van der Waals surface area (Å²) in [5, 5.41) is 9.58. The zero-order valence-corrected chi connectivity index (χ0v) is 21.0. The highest BCUT2D eigenvalue weighted by Gasteiger charge is 2.60. The largest absolute Gasteiger partial charge is 0.493 e. The summed E-state index contributed by atoms with van der Waals surface area (Å²) < 4.78 is 16.2. The lowest BCUT2D eigenvalue weighted by Crippen LogP contribution is -2.67. The minimum atomic E-state index is -1.23. The second-order valence-corrected chi connectivity index (χ2v) is 15.5. The summed E-state index contributed by atoms with van der Waals surface area (Å²) in [5.41, 5.74) is 0.841. The summed E-state index contributed by atoms with van der Waals surface area (Å²) in [6.07, 6.45) is -0.946. The Balaban J connectivity index is 1.66. The van der Waals surface area contributed by atoms with Crippen molar-refractivity contribution in [1.29, 1.82) is 0 Å². The SMILES string of the molecule is COc1ccc(CN2C(=O)[C@@H]3[C@H]2[C@H](CC(=O)COCC[Si](C)(C)C)CN3C(=O)O)cc1OC. The van der Waals surface area contributed by atoms with Gasteiger partial charge in [0.25, 0.3) is 0 Å². The van der Waals surface area contributed by atoms with Crippen LogP contribution in [0.3, 0.4) is 0 Å². The maximum absolute atomic E-state index is 12.8. The molecule has 1 aromatic carbocycles. The smallest absolute Gasteiger partial charge is 0.408 e. The molecule has 2 fully saturated rings. The van der Waals surface area contributed by atoms with E-state index >= 15 is 0 Å². The number of carbonyl (C=O) groups is 3. The molecule has 0 spiro atoms. The van der Waals surface area contributed by atoms with Gasteiger partial charge in [0, 0.05) is 40.1 Å². The number of ketones is 1. The Morgan fingerprint density at radius 2 is 1.85 bits per heavy atom. The van der Waals surface area contributed by atoms with Crippen LogP contribution in [0.5, 0.6) is 11.5 Å². The number of nitrogens with zero attached hydrogens (tertiary/aromatic N) is 2. The van der Waals surface area contributed by atoms with Crippen molar-refractivity contribution in [1.82, 2.24) is 9.80 Å². The van der Waals surface area contributed by atoms with Crippen molar-refractivity contribution in [3.05, 3.63) is 23.8 Å². The van der Waals surface area contributed by atoms with Crippen LogP contribution in [0.15, 0.2) is 18.2 Å². The Morgan fingerprint density at radius 1 is 1.15 bits per heavy atom. The van der Waals surface area contributed by atoms with E-state index in [1.165, 1.54) is 4.90 Å². The van der Waals surface area contributed by atoms with E-state index in [0.717, 1.165) is 11.6 Å².